The third-order valence-corrected chi connectivity index (χ3v) is 3.86. The van der Waals surface area contributed by atoms with Crippen LogP contribution in [0.1, 0.15) is 21.7 Å². The number of thiophene rings is 1. The first-order valence-corrected chi connectivity index (χ1v) is 7.23. The summed E-state index contributed by atoms with van der Waals surface area (Å²) in [5.74, 6) is -2.59. The van der Waals surface area contributed by atoms with Gasteiger partial charge in [-0.1, -0.05) is 6.07 Å². The zero-order valence-electron chi connectivity index (χ0n) is 11.7. The van der Waals surface area contributed by atoms with Crippen molar-refractivity contribution in [3.63, 3.8) is 0 Å². The molecule has 0 saturated carbocycles. The fourth-order valence-electron chi connectivity index (χ4n) is 1.77. The quantitative estimate of drug-likeness (QED) is 0.858. The van der Waals surface area contributed by atoms with Gasteiger partial charge in [-0.05, 0) is 36.2 Å². The number of nitrogens with one attached hydrogen (secondary N) is 1. The molecule has 0 radical (unpaired) electrons. The molecule has 116 valence electrons. The van der Waals surface area contributed by atoms with Crippen LogP contribution in [-0.2, 0) is 16.0 Å². The molecule has 4 nitrogen and oxygen atoms in total. The number of hydrogen-bond donors (Lipinski definition) is 1. The largest absolute Gasteiger partial charge is 0.465 e. The molecule has 0 unspecified atom stereocenters. The molecule has 0 bridgehead atoms. The first kappa shape index (κ1) is 16.1. The molecule has 0 fully saturated rings. The van der Waals surface area contributed by atoms with E-state index in [2.05, 4.69) is 10.1 Å². The maximum absolute atomic E-state index is 13.0. The van der Waals surface area contributed by atoms with E-state index < -0.39 is 17.6 Å². The summed E-state index contributed by atoms with van der Waals surface area (Å²) in [5.41, 5.74) is 0.537. The van der Waals surface area contributed by atoms with Crippen molar-refractivity contribution in [3.05, 3.63) is 52.4 Å². The van der Waals surface area contributed by atoms with Gasteiger partial charge in [-0.3, -0.25) is 4.79 Å². The number of esters is 1. The second-order valence-electron chi connectivity index (χ2n) is 4.45. The van der Waals surface area contributed by atoms with Crippen LogP contribution < -0.4 is 5.32 Å². The third kappa shape index (κ3) is 4.11. The first-order chi connectivity index (χ1) is 10.5. The van der Waals surface area contributed by atoms with Crippen molar-refractivity contribution < 1.29 is 23.1 Å². The van der Waals surface area contributed by atoms with Crippen molar-refractivity contribution >= 4 is 28.2 Å². The number of carbonyl (C=O) groups excluding carboxylic acids is 2. The van der Waals surface area contributed by atoms with Gasteiger partial charge in [0, 0.05) is 6.42 Å². The van der Waals surface area contributed by atoms with Crippen molar-refractivity contribution in [3.8, 4) is 0 Å². The minimum Gasteiger partial charge on any atom is -0.465 e. The molecular formula is C15H13F2NO3S. The van der Waals surface area contributed by atoms with E-state index >= 15 is 0 Å². The number of halogens is 2. The smallest absolute Gasteiger partial charge is 0.348 e. The molecule has 2 aromatic rings. The summed E-state index contributed by atoms with van der Waals surface area (Å²) in [6.45, 7) is 0. The van der Waals surface area contributed by atoms with Crippen LogP contribution in [-0.4, -0.2) is 19.0 Å². The summed E-state index contributed by atoms with van der Waals surface area (Å²) in [6.07, 6.45) is 0.412. The molecule has 0 spiro atoms. The molecule has 1 N–H and O–H groups in total. The van der Waals surface area contributed by atoms with Crippen molar-refractivity contribution in [2.24, 2.45) is 0 Å². The van der Waals surface area contributed by atoms with Crippen LogP contribution in [0.5, 0.6) is 0 Å². The molecule has 1 aromatic heterocycles. The SMILES string of the molecule is COC(=O)c1ccc(NC(=O)CCc2ccc(F)c(F)c2)s1. The number of hydrogen-bond acceptors (Lipinski definition) is 4. The lowest BCUT2D eigenvalue weighted by Crippen LogP contribution is -2.11. The Morgan fingerprint density at radius 3 is 2.64 bits per heavy atom. The van der Waals surface area contributed by atoms with Gasteiger partial charge in [-0.15, -0.1) is 11.3 Å². The molecule has 1 amide bonds. The minimum absolute atomic E-state index is 0.122. The van der Waals surface area contributed by atoms with Crippen LogP contribution in [0.3, 0.4) is 0 Å². The molecule has 22 heavy (non-hydrogen) atoms. The van der Waals surface area contributed by atoms with Crippen molar-refractivity contribution in [2.75, 3.05) is 12.4 Å². The Labute approximate surface area is 129 Å². The van der Waals surface area contributed by atoms with E-state index in [1.165, 1.54) is 13.2 Å². The van der Waals surface area contributed by atoms with E-state index in [1.54, 1.807) is 12.1 Å². The van der Waals surface area contributed by atoms with E-state index in [4.69, 9.17) is 0 Å². The molecule has 0 saturated heterocycles. The van der Waals surface area contributed by atoms with E-state index in [0.717, 1.165) is 23.5 Å². The van der Waals surface area contributed by atoms with E-state index in [-0.39, 0.29) is 18.7 Å². The second kappa shape index (κ2) is 7.13. The topological polar surface area (TPSA) is 55.4 Å². The fourth-order valence-corrected chi connectivity index (χ4v) is 2.61. The van der Waals surface area contributed by atoms with Gasteiger partial charge in [0.05, 0.1) is 12.1 Å². The summed E-state index contributed by atoms with van der Waals surface area (Å²) >= 11 is 1.10. The second-order valence-corrected chi connectivity index (χ2v) is 5.54. The van der Waals surface area contributed by atoms with Gasteiger partial charge in [0.1, 0.15) is 4.88 Å². The summed E-state index contributed by atoms with van der Waals surface area (Å²) in [5, 5.41) is 3.17. The van der Waals surface area contributed by atoms with Gasteiger partial charge in [0.25, 0.3) is 0 Å². The highest BCUT2D eigenvalue weighted by molar-refractivity contribution is 7.18. The van der Waals surface area contributed by atoms with E-state index in [0.29, 0.717) is 15.4 Å². The van der Waals surface area contributed by atoms with Crippen LogP contribution in [0.2, 0.25) is 0 Å². The van der Waals surface area contributed by atoms with Crippen molar-refractivity contribution in [2.45, 2.75) is 12.8 Å². The van der Waals surface area contributed by atoms with E-state index in [9.17, 15) is 18.4 Å². The summed E-state index contributed by atoms with van der Waals surface area (Å²) < 4.78 is 30.4. The van der Waals surface area contributed by atoms with Gasteiger partial charge in [-0.25, -0.2) is 13.6 Å². The Morgan fingerprint density at radius 2 is 1.95 bits per heavy atom. The van der Waals surface area contributed by atoms with Crippen LogP contribution in [0.25, 0.3) is 0 Å². The van der Waals surface area contributed by atoms with Crippen LogP contribution in [0.15, 0.2) is 30.3 Å². The Hall–Kier alpha value is -2.28. The number of benzene rings is 1. The maximum atomic E-state index is 13.0. The highest BCUT2D eigenvalue weighted by Gasteiger charge is 2.11. The van der Waals surface area contributed by atoms with Crippen molar-refractivity contribution in [1.29, 1.82) is 0 Å². The molecule has 2 rings (SSSR count). The number of anilines is 1. The number of methoxy groups -OCH3 is 1. The summed E-state index contributed by atoms with van der Waals surface area (Å²) in [6, 6.07) is 6.70. The monoisotopic (exact) mass is 325 g/mol. The Kier molecular flexibility index (Phi) is 5.21. The van der Waals surface area contributed by atoms with Gasteiger partial charge in [0.15, 0.2) is 11.6 Å². The number of carbonyl (C=O) groups is 2. The number of ether oxygens (including phenoxy) is 1. The van der Waals surface area contributed by atoms with Gasteiger partial charge in [-0.2, -0.15) is 0 Å². The van der Waals surface area contributed by atoms with Gasteiger partial charge < -0.3 is 10.1 Å². The molecule has 1 heterocycles. The zero-order chi connectivity index (χ0) is 16.1. The van der Waals surface area contributed by atoms with Crippen LogP contribution >= 0.6 is 11.3 Å². The molecule has 0 atom stereocenters. The average molecular weight is 325 g/mol. The highest BCUT2D eigenvalue weighted by atomic mass is 32.1. The predicted molar refractivity (Wildman–Crippen MR) is 79.0 cm³/mol. The molecule has 0 aliphatic heterocycles. The lowest BCUT2D eigenvalue weighted by Gasteiger charge is -2.03. The van der Waals surface area contributed by atoms with Gasteiger partial charge >= 0.3 is 5.97 Å². The zero-order valence-corrected chi connectivity index (χ0v) is 12.5. The Bertz CT molecular complexity index is 700. The first-order valence-electron chi connectivity index (χ1n) is 6.41. The Balaban J connectivity index is 1.88. The number of amides is 1. The molecular weight excluding hydrogens is 312 g/mol. The van der Waals surface area contributed by atoms with Crippen molar-refractivity contribution in [1.82, 2.24) is 0 Å². The number of rotatable bonds is 5. The van der Waals surface area contributed by atoms with Crippen LogP contribution in [0.4, 0.5) is 13.8 Å². The third-order valence-electron chi connectivity index (χ3n) is 2.88. The average Bonchev–Trinajstić information content (AvgIpc) is 2.96. The van der Waals surface area contributed by atoms with E-state index in [1.807, 2.05) is 0 Å². The summed E-state index contributed by atoms with van der Waals surface area (Å²) in [4.78, 5) is 23.5. The lowest BCUT2D eigenvalue weighted by atomic mass is 10.1. The minimum atomic E-state index is -0.932. The maximum Gasteiger partial charge on any atom is 0.348 e. The summed E-state index contributed by atoms with van der Waals surface area (Å²) in [7, 11) is 1.28. The molecule has 7 heteroatoms. The lowest BCUT2D eigenvalue weighted by molar-refractivity contribution is -0.116. The molecule has 0 aliphatic rings. The molecule has 0 aliphatic carbocycles. The Morgan fingerprint density at radius 1 is 1.18 bits per heavy atom. The predicted octanol–water partition coefficient (Wildman–Crippen LogP) is 3.38. The van der Waals surface area contributed by atoms with Gasteiger partial charge in [0.2, 0.25) is 5.91 Å². The van der Waals surface area contributed by atoms with Crippen LogP contribution in [0, 0.1) is 11.6 Å². The standard InChI is InChI=1S/C15H13F2NO3S/c1-21-15(20)12-5-7-14(22-12)18-13(19)6-3-9-2-4-10(16)11(17)8-9/h2,4-5,7-8H,3,6H2,1H3,(H,18,19). The number of aryl methyl sites for hydroxylation is 1. The molecule has 1 aromatic carbocycles. The fraction of sp³-hybridized carbons (Fsp3) is 0.200. The highest BCUT2D eigenvalue weighted by Crippen LogP contribution is 2.22. The normalized spacial score (nSPS) is 10.3.